The average molecular weight is 322 g/mol. The fourth-order valence-electron chi connectivity index (χ4n) is 3.78. The number of amides is 2. The quantitative estimate of drug-likeness (QED) is 0.777. The van der Waals surface area contributed by atoms with Crippen LogP contribution in [0.15, 0.2) is 22.8 Å². The molecule has 5 atom stereocenters. The van der Waals surface area contributed by atoms with Gasteiger partial charge < -0.3 is 24.9 Å². The topological polar surface area (TPSA) is 83.7 Å². The monoisotopic (exact) mass is 322 g/mol. The van der Waals surface area contributed by atoms with E-state index < -0.39 is 6.10 Å². The minimum Gasteiger partial charge on any atom is -0.467 e. The summed E-state index contributed by atoms with van der Waals surface area (Å²) >= 11 is 0. The lowest BCUT2D eigenvalue weighted by Gasteiger charge is -2.33. The number of nitrogens with one attached hydrogen (secondary N) is 2. The van der Waals surface area contributed by atoms with Crippen molar-refractivity contribution < 1.29 is 19.1 Å². The molecule has 3 N–H and O–H groups in total. The second-order valence-electron chi connectivity index (χ2n) is 6.68. The molecule has 128 valence electrons. The van der Waals surface area contributed by atoms with E-state index >= 15 is 0 Å². The number of carbonyl (C=O) groups is 1. The van der Waals surface area contributed by atoms with Gasteiger partial charge in [0.15, 0.2) is 0 Å². The summed E-state index contributed by atoms with van der Waals surface area (Å²) in [5.74, 6) is 0.968. The highest BCUT2D eigenvalue weighted by Gasteiger charge is 2.38. The molecule has 1 aliphatic carbocycles. The highest BCUT2D eigenvalue weighted by Crippen LogP contribution is 2.34. The minimum absolute atomic E-state index is 0.144. The Morgan fingerprint density at radius 2 is 2.30 bits per heavy atom. The number of hydrogen-bond acceptors (Lipinski definition) is 4. The third kappa shape index (κ3) is 4.06. The standard InChI is InChI=1S/C17H26N2O4/c1-11(10-14(20)16-6-3-8-22-16)18-17(21)19-13-4-2-5-15-12(13)7-9-23-15/h3,6,8,11-15,20H,2,4-5,7,9-10H2,1H3,(H2,18,19,21). The molecule has 5 unspecified atom stereocenters. The van der Waals surface area contributed by atoms with Gasteiger partial charge >= 0.3 is 6.03 Å². The molecule has 3 rings (SSSR count). The van der Waals surface area contributed by atoms with E-state index in [0.717, 1.165) is 32.3 Å². The van der Waals surface area contributed by atoms with Gasteiger partial charge in [-0.05, 0) is 44.7 Å². The van der Waals surface area contributed by atoms with Gasteiger partial charge in [-0.15, -0.1) is 0 Å². The molecule has 6 nitrogen and oxygen atoms in total. The van der Waals surface area contributed by atoms with Crippen molar-refractivity contribution in [2.45, 2.75) is 63.3 Å². The van der Waals surface area contributed by atoms with Gasteiger partial charge in [-0.25, -0.2) is 4.79 Å². The number of hydrogen-bond donors (Lipinski definition) is 3. The molecule has 0 spiro atoms. The smallest absolute Gasteiger partial charge is 0.315 e. The highest BCUT2D eigenvalue weighted by molar-refractivity contribution is 5.74. The van der Waals surface area contributed by atoms with Crippen LogP contribution in [-0.2, 0) is 4.74 Å². The summed E-state index contributed by atoms with van der Waals surface area (Å²) in [6.07, 6.45) is 5.81. The first-order valence-corrected chi connectivity index (χ1v) is 8.53. The Morgan fingerprint density at radius 1 is 1.43 bits per heavy atom. The Morgan fingerprint density at radius 3 is 3.09 bits per heavy atom. The van der Waals surface area contributed by atoms with E-state index in [9.17, 15) is 9.90 Å². The second kappa shape index (κ2) is 7.36. The maximum absolute atomic E-state index is 12.2. The van der Waals surface area contributed by atoms with Crippen molar-refractivity contribution in [1.82, 2.24) is 10.6 Å². The summed E-state index contributed by atoms with van der Waals surface area (Å²) in [7, 11) is 0. The number of carbonyl (C=O) groups excluding carboxylic acids is 1. The largest absolute Gasteiger partial charge is 0.467 e. The number of ether oxygens (including phenoxy) is 1. The third-order valence-electron chi connectivity index (χ3n) is 4.92. The van der Waals surface area contributed by atoms with E-state index in [2.05, 4.69) is 10.6 Å². The van der Waals surface area contributed by atoms with Crippen molar-refractivity contribution in [3.8, 4) is 0 Å². The predicted molar refractivity (Wildman–Crippen MR) is 84.9 cm³/mol. The van der Waals surface area contributed by atoms with E-state index in [0.29, 0.717) is 24.2 Å². The SMILES string of the molecule is CC(CC(O)c1ccco1)NC(=O)NC1CCCC2OCCC12. The molecule has 0 aromatic carbocycles. The molecule has 0 radical (unpaired) electrons. The Balaban J connectivity index is 1.45. The number of urea groups is 1. The number of fused-ring (bicyclic) bond motifs is 1. The number of furan rings is 1. The van der Waals surface area contributed by atoms with Crippen LogP contribution in [0, 0.1) is 5.92 Å². The van der Waals surface area contributed by atoms with Crippen LogP contribution in [0.1, 0.15) is 50.9 Å². The summed E-state index contributed by atoms with van der Waals surface area (Å²) in [5, 5.41) is 16.1. The van der Waals surface area contributed by atoms with Gasteiger partial charge in [-0.2, -0.15) is 0 Å². The zero-order valence-electron chi connectivity index (χ0n) is 13.5. The number of aliphatic hydroxyl groups excluding tert-OH is 1. The highest BCUT2D eigenvalue weighted by atomic mass is 16.5. The predicted octanol–water partition coefficient (Wildman–Crippen LogP) is 2.35. The van der Waals surface area contributed by atoms with E-state index in [1.807, 2.05) is 6.92 Å². The van der Waals surface area contributed by atoms with Crippen molar-refractivity contribution in [1.29, 1.82) is 0 Å². The molecule has 1 aliphatic heterocycles. The van der Waals surface area contributed by atoms with Gasteiger partial charge in [0.1, 0.15) is 11.9 Å². The van der Waals surface area contributed by atoms with Crippen LogP contribution < -0.4 is 10.6 Å². The molecule has 0 bridgehead atoms. The molecule has 2 aliphatic rings. The lowest BCUT2D eigenvalue weighted by atomic mass is 9.82. The molecule has 1 aromatic heterocycles. The molecule has 1 saturated carbocycles. The molecule has 2 amide bonds. The van der Waals surface area contributed by atoms with Crippen molar-refractivity contribution >= 4 is 6.03 Å². The maximum atomic E-state index is 12.2. The fourth-order valence-corrected chi connectivity index (χ4v) is 3.78. The van der Waals surface area contributed by atoms with Gasteiger partial charge in [0.2, 0.25) is 0 Å². The van der Waals surface area contributed by atoms with Crippen LogP contribution in [0.25, 0.3) is 0 Å². The molecule has 2 fully saturated rings. The van der Waals surface area contributed by atoms with Gasteiger partial charge in [0.25, 0.3) is 0 Å². The van der Waals surface area contributed by atoms with Crippen molar-refractivity contribution in [2.75, 3.05) is 6.61 Å². The minimum atomic E-state index is -0.706. The first kappa shape index (κ1) is 16.3. The maximum Gasteiger partial charge on any atom is 0.315 e. The Kier molecular flexibility index (Phi) is 5.23. The summed E-state index contributed by atoms with van der Waals surface area (Å²) in [6.45, 7) is 2.69. The normalized spacial score (nSPS) is 29.6. The molecule has 2 heterocycles. The van der Waals surface area contributed by atoms with E-state index in [4.69, 9.17) is 9.15 Å². The van der Waals surface area contributed by atoms with Gasteiger partial charge in [-0.3, -0.25) is 0 Å². The number of aliphatic hydroxyl groups is 1. The summed E-state index contributed by atoms with van der Waals surface area (Å²) in [4.78, 5) is 12.2. The van der Waals surface area contributed by atoms with E-state index in [1.165, 1.54) is 6.26 Å². The lowest BCUT2D eigenvalue weighted by Crippen LogP contribution is -2.51. The number of rotatable bonds is 5. The van der Waals surface area contributed by atoms with Crippen LogP contribution in [0.5, 0.6) is 0 Å². The van der Waals surface area contributed by atoms with Crippen LogP contribution in [-0.4, -0.2) is 35.9 Å². The van der Waals surface area contributed by atoms with E-state index in [1.54, 1.807) is 12.1 Å². The zero-order chi connectivity index (χ0) is 16.2. The van der Waals surface area contributed by atoms with Crippen LogP contribution >= 0.6 is 0 Å². The van der Waals surface area contributed by atoms with Gasteiger partial charge in [0, 0.05) is 31.0 Å². The Labute approximate surface area is 136 Å². The lowest BCUT2D eigenvalue weighted by molar-refractivity contribution is 0.0548. The van der Waals surface area contributed by atoms with Gasteiger partial charge in [-0.1, -0.05) is 0 Å². The van der Waals surface area contributed by atoms with Gasteiger partial charge in [0.05, 0.1) is 12.4 Å². The molecule has 1 saturated heterocycles. The molecule has 1 aromatic rings. The summed E-state index contributed by atoms with van der Waals surface area (Å²) in [5.41, 5.74) is 0. The first-order valence-electron chi connectivity index (χ1n) is 8.53. The van der Waals surface area contributed by atoms with E-state index in [-0.39, 0.29) is 18.1 Å². The Hall–Kier alpha value is -1.53. The molecule has 23 heavy (non-hydrogen) atoms. The fraction of sp³-hybridized carbons (Fsp3) is 0.706. The summed E-state index contributed by atoms with van der Waals surface area (Å²) < 4.78 is 10.9. The zero-order valence-corrected chi connectivity index (χ0v) is 13.5. The first-order chi connectivity index (χ1) is 11.1. The average Bonchev–Trinajstić information content (AvgIpc) is 3.19. The van der Waals surface area contributed by atoms with Crippen LogP contribution in [0.4, 0.5) is 4.79 Å². The van der Waals surface area contributed by atoms with Crippen molar-refractivity contribution in [3.05, 3.63) is 24.2 Å². The van der Waals surface area contributed by atoms with Crippen molar-refractivity contribution in [2.24, 2.45) is 5.92 Å². The summed E-state index contributed by atoms with van der Waals surface area (Å²) in [6, 6.07) is 3.36. The van der Waals surface area contributed by atoms with Crippen molar-refractivity contribution in [3.63, 3.8) is 0 Å². The molecule has 6 heteroatoms. The molecular weight excluding hydrogens is 296 g/mol. The Bertz CT molecular complexity index is 505. The molecular formula is C17H26N2O4. The van der Waals surface area contributed by atoms with Crippen LogP contribution in [0.3, 0.4) is 0 Å². The second-order valence-corrected chi connectivity index (χ2v) is 6.68. The van der Waals surface area contributed by atoms with Crippen LogP contribution in [0.2, 0.25) is 0 Å². The third-order valence-corrected chi connectivity index (χ3v) is 4.92.